The van der Waals surface area contributed by atoms with Crippen LogP contribution in [0.15, 0.2) is 0 Å². The van der Waals surface area contributed by atoms with Gasteiger partial charge in [-0.25, -0.2) is 0 Å². The molecule has 0 saturated heterocycles. The van der Waals surface area contributed by atoms with Gasteiger partial charge in [-0.1, -0.05) is 0 Å². The molecule has 0 aromatic rings. The molecule has 0 unspecified atom stereocenters. The van der Waals surface area contributed by atoms with E-state index in [-0.39, 0.29) is 26.3 Å². The van der Waals surface area contributed by atoms with Crippen LogP contribution in [0, 0.1) is 0 Å². The monoisotopic (exact) mass is 363 g/mol. The summed E-state index contributed by atoms with van der Waals surface area (Å²) in [6, 6.07) is 0. The van der Waals surface area contributed by atoms with Crippen LogP contribution in [0.2, 0.25) is 0 Å². The summed E-state index contributed by atoms with van der Waals surface area (Å²) in [6.07, 6.45) is 0. The fourth-order valence-electron chi connectivity index (χ4n) is 0.674. The van der Waals surface area contributed by atoms with Crippen molar-refractivity contribution in [1.82, 2.24) is 4.31 Å². The molecule has 5 N–H and O–H groups in total. The maximum absolute atomic E-state index is 10.4. The van der Waals surface area contributed by atoms with Gasteiger partial charge in [0.25, 0.3) is 0 Å². The van der Waals surface area contributed by atoms with Crippen molar-refractivity contribution in [3.8, 4) is 0 Å². The molecule has 0 spiro atoms. The first-order valence-electron chi connectivity index (χ1n) is 4.33. The third kappa shape index (κ3) is 15.6. The quantitative estimate of drug-likeness (QED) is 0.281. The minimum Gasteiger partial charge on any atom is -0.395 e. The summed E-state index contributed by atoms with van der Waals surface area (Å²) < 4.78 is 85.3. The van der Waals surface area contributed by atoms with Gasteiger partial charge in [0.15, 0.2) is 0 Å². The van der Waals surface area contributed by atoms with Crippen LogP contribution >= 0.6 is 0 Å². The number of aliphatic hydroxyl groups excluding tert-OH is 2. The molecule has 16 heteroatoms. The lowest BCUT2D eigenvalue weighted by Crippen LogP contribution is -2.35. The lowest BCUT2D eigenvalue weighted by molar-refractivity contribution is 0.208. The van der Waals surface area contributed by atoms with Crippen molar-refractivity contribution in [2.75, 3.05) is 26.3 Å². The van der Waals surface area contributed by atoms with Crippen LogP contribution in [0.5, 0.6) is 0 Å². The fourth-order valence-corrected chi connectivity index (χ4v) is 2.17. The van der Waals surface area contributed by atoms with E-state index in [1.807, 2.05) is 0 Å². The van der Waals surface area contributed by atoms with Crippen molar-refractivity contribution >= 4 is 31.1 Å². The Morgan fingerprint density at radius 2 is 1.05 bits per heavy atom. The Labute approximate surface area is 115 Å². The van der Waals surface area contributed by atoms with Crippen molar-refractivity contribution in [3.63, 3.8) is 0 Å². The molecule has 0 heterocycles. The Morgan fingerprint density at radius 3 is 1.15 bits per heavy atom. The first-order chi connectivity index (χ1) is 8.73. The van der Waals surface area contributed by atoms with E-state index in [0.29, 0.717) is 4.31 Å². The molecule has 0 amide bonds. The van der Waals surface area contributed by atoms with Crippen LogP contribution < -0.4 is 0 Å². The molecule has 0 saturated carbocycles. The molecule has 0 aromatic heterocycles. The van der Waals surface area contributed by atoms with Crippen LogP contribution in [-0.4, -0.2) is 79.7 Å². The van der Waals surface area contributed by atoms with Gasteiger partial charge in [-0.2, -0.15) is 29.6 Å². The topological polar surface area (TPSA) is 216 Å². The summed E-state index contributed by atoms with van der Waals surface area (Å²) in [7, 11) is -14.5. The predicted molar refractivity (Wildman–Crippen MR) is 61.5 cm³/mol. The lowest BCUT2D eigenvalue weighted by Gasteiger charge is -2.14. The molecule has 0 bridgehead atoms. The van der Waals surface area contributed by atoms with Crippen molar-refractivity contribution in [3.05, 3.63) is 0 Å². The standard InChI is InChI=1S/C4H11NO5S.H2O7S2/c6-3-1-5(2-4-7)11(8,9)10;1-8(2,3)7-9(4,5)6/h6-7H,1-4H2,(H,8,9,10);(H,1,2,3)(H,4,5,6). The van der Waals surface area contributed by atoms with Gasteiger partial charge >= 0.3 is 31.1 Å². The molecule has 0 fully saturated rings. The Bertz CT molecular complexity index is 524. The second-order valence-corrected chi connectivity index (χ2v) is 6.41. The molecule has 0 aliphatic carbocycles. The number of hydrogen-bond donors (Lipinski definition) is 5. The van der Waals surface area contributed by atoms with Crippen LogP contribution in [0.25, 0.3) is 0 Å². The zero-order valence-corrected chi connectivity index (χ0v) is 12.0. The first-order valence-corrected chi connectivity index (χ1v) is 8.46. The van der Waals surface area contributed by atoms with Crippen molar-refractivity contribution in [2.24, 2.45) is 0 Å². The van der Waals surface area contributed by atoms with Crippen LogP contribution in [0.4, 0.5) is 0 Å². The molecular formula is C4H13NO12S3. The highest BCUT2D eigenvalue weighted by molar-refractivity contribution is 7.94. The van der Waals surface area contributed by atoms with E-state index in [9.17, 15) is 25.3 Å². The van der Waals surface area contributed by atoms with Crippen LogP contribution in [0.3, 0.4) is 0 Å². The summed E-state index contributed by atoms with van der Waals surface area (Å²) in [5, 5.41) is 16.7. The molecule has 0 atom stereocenters. The zero-order valence-electron chi connectivity index (χ0n) is 9.59. The first kappa shape index (κ1) is 21.9. The van der Waals surface area contributed by atoms with Crippen molar-refractivity contribution in [1.29, 1.82) is 0 Å². The van der Waals surface area contributed by atoms with E-state index in [2.05, 4.69) is 3.63 Å². The van der Waals surface area contributed by atoms with Gasteiger partial charge in [0.1, 0.15) is 0 Å². The predicted octanol–water partition coefficient (Wildman–Crippen LogP) is -3.32. The maximum Gasteiger partial charge on any atom is 0.413 e. The van der Waals surface area contributed by atoms with Gasteiger partial charge in [0.05, 0.1) is 13.2 Å². The number of aliphatic hydroxyl groups is 2. The molecule has 20 heavy (non-hydrogen) atoms. The molecule has 0 aromatic carbocycles. The Hall–Kier alpha value is -0.430. The number of rotatable bonds is 7. The summed E-state index contributed by atoms with van der Waals surface area (Å²) in [5.41, 5.74) is 0. The minimum atomic E-state index is -5.12. The maximum atomic E-state index is 10.4. The second kappa shape index (κ2) is 8.77. The van der Waals surface area contributed by atoms with Gasteiger partial charge in [0.2, 0.25) is 0 Å². The van der Waals surface area contributed by atoms with E-state index >= 15 is 0 Å². The highest BCUT2D eigenvalue weighted by Crippen LogP contribution is 1.94. The van der Waals surface area contributed by atoms with Gasteiger partial charge in [0, 0.05) is 13.1 Å². The van der Waals surface area contributed by atoms with E-state index < -0.39 is 31.1 Å². The van der Waals surface area contributed by atoms with Gasteiger partial charge in [-0.05, 0) is 0 Å². The number of nitrogens with zero attached hydrogens (tertiary/aromatic N) is 1. The summed E-state index contributed by atoms with van der Waals surface area (Å²) >= 11 is 0. The van der Waals surface area contributed by atoms with E-state index in [1.54, 1.807) is 0 Å². The van der Waals surface area contributed by atoms with Crippen molar-refractivity contribution < 1.29 is 52.8 Å². The van der Waals surface area contributed by atoms with Gasteiger partial charge < -0.3 is 10.2 Å². The molecule has 13 nitrogen and oxygen atoms in total. The molecule has 0 rings (SSSR count). The normalized spacial score (nSPS) is 12.9. The summed E-state index contributed by atoms with van der Waals surface area (Å²) in [6.45, 7) is -1.20. The van der Waals surface area contributed by atoms with Gasteiger partial charge in [-0.3, -0.25) is 13.7 Å². The van der Waals surface area contributed by atoms with Crippen molar-refractivity contribution in [2.45, 2.75) is 0 Å². The molecule has 124 valence electrons. The molecule has 0 aliphatic heterocycles. The lowest BCUT2D eigenvalue weighted by atomic mass is 10.6. The Kier molecular flexibility index (Phi) is 9.58. The average Bonchev–Trinajstić information content (AvgIpc) is 2.10. The minimum absolute atomic E-state index is 0.209. The van der Waals surface area contributed by atoms with Crippen LogP contribution in [0.1, 0.15) is 0 Å². The Balaban J connectivity index is 0. The van der Waals surface area contributed by atoms with Crippen LogP contribution in [-0.2, 0) is 34.7 Å². The zero-order chi connectivity index (χ0) is 16.6. The summed E-state index contributed by atoms with van der Waals surface area (Å²) in [5.74, 6) is 0. The molecule has 0 aliphatic rings. The average molecular weight is 363 g/mol. The number of hydrogen-bond acceptors (Lipinski definition) is 9. The highest BCUT2D eigenvalue weighted by atomic mass is 32.3. The second-order valence-electron chi connectivity index (χ2n) is 2.75. The molecular weight excluding hydrogens is 350 g/mol. The summed E-state index contributed by atoms with van der Waals surface area (Å²) in [4.78, 5) is 0. The Morgan fingerprint density at radius 1 is 0.750 bits per heavy atom. The van der Waals surface area contributed by atoms with E-state index in [0.717, 1.165) is 0 Å². The smallest absolute Gasteiger partial charge is 0.395 e. The third-order valence-electron chi connectivity index (χ3n) is 1.20. The molecule has 0 radical (unpaired) electrons. The third-order valence-corrected chi connectivity index (χ3v) is 3.59. The SMILES string of the molecule is O=S(=O)(O)N(CCO)CCO.O=S(=O)(O)OS(=O)(=O)O. The fraction of sp³-hybridized carbons (Fsp3) is 1.00. The highest BCUT2D eigenvalue weighted by Gasteiger charge is 2.16. The van der Waals surface area contributed by atoms with E-state index in [1.165, 1.54) is 0 Å². The largest absolute Gasteiger partial charge is 0.413 e. The van der Waals surface area contributed by atoms with Gasteiger partial charge in [-0.15, -0.1) is 3.63 Å². The van der Waals surface area contributed by atoms with E-state index in [4.69, 9.17) is 23.9 Å².